The van der Waals surface area contributed by atoms with E-state index in [0.717, 1.165) is 16.8 Å². The lowest BCUT2D eigenvalue weighted by molar-refractivity contribution is 0.0683. The number of fused-ring (bicyclic) bond motifs is 1. The van der Waals surface area contributed by atoms with E-state index >= 15 is 0 Å². The van der Waals surface area contributed by atoms with Crippen molar-refractivity contribution in [3.8, 4) is 0 Å². The Morgan fingerprint density at radius 3 is 1.92 bits per heavy atom. The minimum atomic E-state index is -1.12. The monoisotopic (exact) mass is 352 g/mol. The van der Waals surface area contributed by atoms with Crippen LogP contribution >= 0.6 is 0 Å². The second-order valence-electron chi connectivity index (χ2n) is 5.47. The molecule has 6 nitrogen and oxygen atoms in total. The van der Waals surface area contributed by atoms with Crippen molar-refractivity contribution in [1.82, 2.24) is 0 Å². The van der Waals surface area contributed by atoms with E-state index in [4.69, 9.17) is 15.3 Å². The summed E-state index contributed by atoms with van der Waals surface area (Å²) in [5.74, 6) is -3.11. The topological polar surface area (TPSA) is 112 Å². The van der Waals surface area contributed by atoms with Crippen LogP contribution in [0.1, 0.15) is 36.6 Å². The van der Waals surface area contributed by atoms with Crippen LogP contribution in [-0.2, 0) is 0 Å². The summed E-state index contributed by atoms with van der Waals surface area (Å²) >= 11 is 0. The van der Waals surface area contributed by atoms with Crippen LogP contribution in [0.2, 0.25) is 0 Å². The third kappa shape index (κ3) is 4.24. The molecule has 0 fully saturated rings. The summed E-state index contributed by atoms with van der Waals surface area (Å²) in [4.78, 5) is 31.9. The van der Waals surface area contributed by atoms with Crippen molar-refractivity contribution in [2.45, 2.75) is 6.92 Å². The van der Waals surface area contributed by atoms with Crippen molar-refractivity contribution in [3.05, 3.63) is 82.9 Å². The molecular weight excluding hydrogens is 336 g/mol. The molecule has 132 valence electrons. The van der Waals surface area contributed by atoms with Gasteiger partial charge in [-0.05, 0) is 41.5 Å². The van der Waals surface area contributed by atoms with Gasteiger partial charge in [0.1, 0.15) is 0 Å². The molecule has 3 N–H and O–H groups in total. The smallest absolute Gasteiger partial charge is 0.336 e. The second-order valence-corrected chi connectivity index (χ2v) is 5.47. The zero-order valence-electron chi connectivity index (χ0n) is 13.8. The highest BCUT2D eigenvalue weighted by atomic mass is 16.4. The Bertz CT molecular complexity index is 985. The average Bonchev–Trinajstić information content (AvgIpc) is 2.61. The van der Waals surface area contributed by atoms with Gasteiger partial charge in [0.25, 0.3) is 0 Å². The number of carboxylic acids is 3. The van der Waals surface area contributed by atoms with E-state index in [1.165, 1.54) is 12.1 Å². The number of aryl methyl sites for hydroxylation is 1. The van der Waals surface area contributed by atoms with Crippen molar-refractivity contribution in [3.63, 3.8) is 0 Å². The van der Waals surface area contributed by atoms with Crippen molar-refractivity contribution < 1.29 is 29.7 Å². The Morgan fingerprint density at radius 1 is 0.692 bits per heavy atom. The van der Waals surface area contributed by atoms with Crippen LogP contribution < -0.4 is 0 Å². The van der Waals surface area contributed by atoms with Gasteiger partial charge in [-0.3, -0.25) is 0 Å². The molecule has 0 bridgehead atoms. The van der Waals surface area contributed by atoms with E-state index in [0.29, 0.717) is 11.1 Å². The van der Waals surface area contributed by atoms with Crippen LogP contribution in [0.4, 0.5) is 0 Å². The number of carboxylic acid groups (broad SMARTS) is 3. The largest absolute Gasteiger partial charge is 0.478 e. The van der Waals surface area contributed by atoms with Crippen molar-refractivity contribution in [2.24, 2.45) is 0 Å². The normalized spacial score (nSPS) is 9.88. The number of carbonyl (C=O) groups is 3. The van der Waals surface area contributed by atoms with Gasteiger partial charge >= 0.3 is 17.9 Å². The molecule has 0 saturated carbocycles. The van der Waals surface area contributed by atoms with Crippen molar-refractivity contribution in [2.75, 3.05) is 0 Å². The van der Waals surface area contributed by atoms with Gasteiger partial charge in [0.2, 0.25) is 0 Å². The maximum atomic E-state index is 10.8. The van der Waals surface area contributed by atoms with Crippen LogP contribution in [0.5, 0.6) is 0 Å². The molecule has 26 heavy (non-hydrogen) atoms. The summed E-state index contributed by atoms with van der Waals surface area (Å²) in [6.07, 6.45) is 0. The molecule has 0 atom stereocenters. The first kappa shape index (κ1) is 18.7. The van der Waals surface area contributed by atoms with Crippen LogP contribution in [0.3, 0.4) is 0 Å². The first-order chi connectivity index (χ1) is 12.3. The molecule has 0 radical (unpaired) electrons. The number of rotatable bonds is 3. The van der Waals surface area contributed by atoms with Gasteiger partial charge in [0.15, 0.2) is 0 Å². The first-order valence-electron chi connectivity index (χ1n) is 7.59. The average molecular weight is 352 g/mol. The Kier molecular flexibility index (Phi) is 5.70. The third-order valence-corrected chi connectivity index (χ3v) is 3.73. The van der Waals surface area contributed by atoms with Crippen LogP contribution in [0.25, 0.3) is 10.8 Å². The quantitative estimate of drug-likeness (QED) is 0.658. The summed E-state index contributed by atoms with van der Waals surface area (Å²) < 4.78 is 0. The molecule has 0 aliphatic heterocycles. The molecule has 3 rings (SSSR count). The maximum Gasteiger partial charge on any atom is 0.336 e. The lowest BCUT2D eigenvalue weighted by Gasteiger charge is -2.01. The highest BCUT2D eigenvalue weighted by Crippen LogP contribution is 2.18. The Labute approximate surface area is 149 Å². The predicted octanol–water partition coefficient (Wildman–Crippen LogP) is 3.93. The van der Waals surface area contributed by atoms with Gasteiger partial charge < -0.3 is 15.3 Å². The molecule has 3 aromatic carbocycles. The van der Waals surface area contributed by atoms with Crippen LogP contribution in [0, 0.1) is 6.92 Å². The maximum absolute atomic E-state index is 10.8. The Balaban J connectivity index is 0.000000187. The van der Waals surface area contributed by atoms with Gasteiger partial charge in [0, 0.05) is 0 Å². The van der Waals surface area contributed by atoms with Gasteiger partial charge in [0.05, 0.1) is 16.7 Å². The Hall–Kier alpha value is -3.67. The molecule has 0 saturated heterocycles. The fourth-order valence-corrected chi connectivity index (χ4v) is 2.40. The number of hydrogen-bond donors (Lipinski definition) is 3. The molecule has 6 heteroatoms. The molecule has 0 aliphatic carbocycles. The molecule has 0 spiro atoms. The van der Waals surface area contributed by atoms with Crippen molar-refractivity contribution >= 4 is 28.7 Å². The summed E-state index contributed by atoms with van der Waals surface area (Å²) in [6, 6.07) is 16.7. The van der Waals surface area contributed by atoms with Gasteiger partial charge in [-0.1, -0.05) is 42.5 Å². The summed E-state index contributed by atoms with van der Waals surface area (Å²) in [5.41, 5.74) is 0.929. The van der Waals surface area contributed by atoms with Crippen LogP contribution in [0.15, 0.2) is 60.7 Å². The van der Waals surface area contributed by atoms with Gasteiger partial charge in [-0.2, -0.15) is 0 Å². The molecule has 0 heterocycles. The Morgan fingerprint density at radius 2 is 1.31 bits per heavy atom. The number of aromatic carboxylic acids is 3. The fraction of sp³-hybridized carbons (Fsp3) is 0.0500. The summed E-state index contributed by atoms with van der Waals surface area (Å²) in [6.45, 7) is 1.62. The number of hydrogen-bond acceptors (Lipinski definition) is 3. The van der Waals surface area contributed by atoms with Crippen molar-refractivity contribution in [1.29, 1.82) is 0 Å². The highest BCUT2D eigenvalue weighted by molar-refractivity contribution is 6.03. The first-order valence-corrected chi connectivity index (χ1v) is 7.59. The minimum Gasteiger partial charge on any atom is -0.478 e. The molecule has 0 aliphatic rings. The summed E-state index contributed by atoms with van der Waals surface area (Å²) in [5, 5.41) is 27.9. The van der Waals surface area contributed by atoms with E-state index in [-0.39, 0.29) is 11.1 Å². The van der Waals surface area contributed by atoms with Gasteiger partial charge in [-0.25, -0.2) is 14.4 Å². The zero-order valence-corrected chi connectivity index (χ0v) is 13.8. The van der Waals surface area contributed by atoms with E-state index in [1.54, 1.807) is 19.1 Å². The van der Waals surface area contributed by atoms with E-state index in [9.17, 15) is 14.4 Å². The lowest BCUT2D eigenvalue weighted by atomic mass is 10.1. The SMILES string of the molecule is Cc1ccc(C(=O)O)cc1C(=O)O.O=C(O)c1cccc2ccccc12. The van der Waals surface area contributed by atoms with E-state index in [1.807, 2.05) is 30.3 Å². The van der Waals surface area contributed by atoms with E-state index in [2.05, 4.69) is 0 Å². The second kappa shape index (κ2) is 7.94. The van der Waals surface area contributed by atoms with Gasteiger partial charge in [-0.15, -0.1) is 0 Å². The predicted molar refractivity (Wildman–Crippen MR) is 96.0 cm³/mol. The third-order valence-electron chi connectivity index (χ3n) is 3.73. The fourth-order valence-electron chi connectivity index (χ4n) is 2.40. The minimum absolute atomic E-state index is 0.0111. The van der Waals surface area contributed by atoms with Crippen LogP contribution in [-0.4, -0.2) is 33.2 Å². The number of benzene rings is 3. The van der Waals surface area contributed by atoms with E-state index < -0.39 is 17.9 Å². The standard InChI is InChI=1S/C11H8O2.C9H8O4/c12-11(13)10-7-3-5-8-4-1-2-6-9(8)10;1-5-2-3-6(8(10)11)4-7(5)9(12)13/h1-7H,(H,12,13);2-4H,1H3,(H,10,11)(H,12,13). The summed E-state index contributed by atoms with van der Waals surface area (Å²) in [7, 11) is 0. The molecule has 3 aromatic rings. The zero-order chi connectivity index (χ0) is 19.3. The molecular formula is C20H16O6. The lowest BCUT2D eigenvalue weighted by Crippen LogP contribution is -2.03. The highest BCUT2D eigenvalue weighted by Gasteiger charge is 2.10. The molecule has 0 aromatic heterocycles. The molecule has 0 amide bonds. The molecule has 0 unspecified atom stereocenters.